The van der Waals surface area contributed by atoms with Gasteiger partial charge in [0, 0.05) is 43.1 Å². The molecule has 16 heteroatoms. The first kappa shape index (κ1) is 33.0. The van der Waals surface area contributed by atoms with Crippen molar-refractivity contribution < 1.29 is 35.9 Å². The Morgan fingerprint density at radius 3 is 2.14 bits per heavy atom. The minimum absolute atomic E-state index is 0.0742. The molecule has 2 aromatic carbocycles. The quantitative estimate of drug-likeness (QED) is 0.164. The van der Waals surface area contributed by atoms with E-state index in [2.05, 4.69) is 31.2 Å². The van der Waals surface area contributed by atoms with Gasteiger partial charge in [0.05, 0.1) is 33.5 Å². The predicted molar refractivity (Wildman–Crippen MR) is 144 cm³/mol. The molecule has 3 amide bonds. The van der Waals surface area contributed by atoms with Gasteiger partial charge in [0.25, 0.3) is 5.91 Å². The second-order valence-electron chi connectivity index (χ2n) is 9.16. The number of rotatable bonds is 11. The van der Waals surface area contributed by atoms with Crippen molar-refractivity contribution >= 4 is 35.1 Å². The Balaban J connectivity index is 1.75. The summed E-state index contributed by atoms with van der Waals surface area (Å²) in [6.45, 7) is 2.32. The molecule has 42 heavy (non-hydrogen) atoms. The van der Waals surface area contributed by atoms with Crippen molar-refractivity contribution in [1.29, 1.82) is 0 Å². The highest BCUT2D eigenvalue weighted by molar-refractivity contribution is 6.42. The number of hydrogen-bond donors (Lipinski definition) is 5. The summed E-state index contributed by atoms with van der Waals surface area (Å²) in [6, 6.07) is 2.96. The molecule has 0 aliphatic rings. The van der Waals surface area contributed by atoms with Crippen molar-refractivity contribution in [3.8, 4) is 0 Å². The lowest BCUT2D eigenvalue weighted by molar-refractivity contribution is -0.143. The number of amides is 3. The van der Waals surface area contributed by atoms with Gasteiger partial charge < -0.3 is 26.3 Å². The zero-order valence-corrected chi connectivity index (χ0v) is 23.4. The number of benzene rings is 2. The van der Waals surface area contributed by atoms with E-state index in [1.807, 2.05) is 6.92 Å². The monoisotopic (exact) mass is 638 g/mol. The van der Waals surface area contributed by atoms with Gasteiger partial charge in [-0.15, -0.1) is 0 Å². The molecule has 0 saturated carbocycles. The van der Waals surface area contributed by atoms with E-state index in [1.165, 1.54) is 24.5 Å². The molecule has 3 aromatic rings. The van der Waals surface area contributed by atoms with Crippen molar-refractivity contribution in [2.24, 2.45) is 0 Å². The van der Waals surface area contributed by atoms with Crippen molar-refractivity contribution in [1.82, 2.24) is 31.2 Å². The fraction of sp³-hybridized carbons (Fsp3) is 0.346. The van der Waals surface area contributed by atoms with Gasteiger partial charge in [-0.1, -0.05) is 36.2 Å². The van der Waals surface area contributed by atoms with E-state index in [4.69, 9.17) is 23.2 Å². The Morgan fingerprint density at radius 1 is 0.929 bits per heavy atom. The van der Waals surface area contributed by atoms with Crippen LogP contribution in [-0.2, 0) is 18.9 Å². The average Bonchev–Trinajstić information content (AvgIpc) is 3.44. The average molecular weight is 639 g/mol. The summed E-state index contributed by atoms with van der Waals surface area (Å²) >= 11 is 12.1. The fourth-order valence-electron chi connectivity index (χ4n) is 3.81. The second kappa shape index (κ2) is 14.1. The van der Waals surface area contributed by atoms with E-state index in [1.54, 1.807) is 6.20 Å². The van der Waals surface area contributed by atoms with Crippen LogP contribution in [0.4, 0.5) is 31.1 Å². The number of urea groups is 1. The predicted octanol–water partition coefficient (Wildman–Crippen LogP) is 6.09. The van der Waals surface area contributed by atoms with Gasteiger partial charge in [-0.3, -0.25) is 4.79 Å². The number of halogens is 8. The minimum atomic E-state index is -5.12. The van der Waals surface area contributed by atoms with Gasteiger partial charge in [-0.2, -0.15) is 26.3 Å². The first-order valence-electron chi connectivity index (χ1n) is 12.4. The molecule has 0 radical (unpaired) electrons. The lowest BCUT2D eigenvalue weighted by Crippen LogP contribution is -2.48. The minimum Gasteiger partial charge on any atom is -0.350 e. The third-order valence-corrected chi connectivity index (χ3v) is 6.80. The summed E-state index contributed by atoms with van der Waals surface area (Å²) < 4.78 is 79.5. The molecule has 8 nitrogen and oxygen atoms in total. The molecule has 2 unspecified atom stereocenters. The van der Waals surface area contributed by atoms with Crippen LogP contribution in [0.3, 0.4) is 0 Å². The summed E-state index contributed by atoms with van der Waals surface area (Å²) in [5.74, 6) is -1.21. The summed E-state index contributed by atoms with van der Waals surface area (Å²) in [7, 11) is 0. The van der Waals surface area contributed by atoms with Crippen LogP contribution >= 0.6 is 23.2 Å². The Hall–Kier alpha value is -3.49. The van der Waals surface area contributed by atoms with Gasteiger partial charge in [0.2, 0.25) is 0 Å². The van der Waals surface area contributed by atoms with Crippen molar-refractivity contribution in [3.63, 3.8) is 0 Å². The first-order valence-corrected chi connectivity index (χ1v) is 13.2. The molecule has 1 aromatic heterocycles. The van der Waals surface area contributed by atoms with Crippen LogP contribution in [0.5, 0.6) is 0 Å². The van der Waals surface area contributed by atoms with Gasteiger partial charge in [-0.25, -0.2) is 9.78 Å². The van der Waals surface area contributed by atoms with Crippen molar-refractivity contribution in [2.75, 3.05) is 13.1 Å². The van der Waals surface area contributed by atoms with Crippen LogP contribution in [0.15, 0.2) is 48.9 Å². The number of nitrogens with one attached hydrogen (secondary N) is 5. The summed E-state index contributed by atoms with van der Waals surface area (Å²) in [6.07, 6.45) is -6.52. The lowest BCUT2D eigenvalue weighted by Gasteiger charge is -2.23. The van der Waals surface area contributed by atoms with Gasteiger partial charge in [-0.05, 0) is 42.3 Å². The van der Waals surface area contributed by atoms with Gasteiger partial charge in [0.15, 0.2) is 0 Å². The van der Waals surface area contributed by atoms with Crippen LogP contribution in [0.25, 0.3) is 0 Å². The number of aromatic nitrogens is 2. The molecule has 3 rings (SSSR count). The van der Waals surface area contributed by atoms with E-state index in [-0.39, 0.29) is 22.2 Å². The second-order valence-corrected chi connectivity index (χ2v) is 9.98. The molecule has 5 N–H and O–H groups in total. The largest absolute Gasteiger partial charge is 0.416 e. The molecule has 1 heterocycles. The highest BCUT2D eigenvalue weighted by Gasteiger charge is 2.37. The maximum Gasteiger partial charge on any atom is 0.416 e. The number of carbonyl (C=O) groups excluding carboxylic acids is 2. The van der Waals surface area contributed by atoms with E-state index in [9.17, 15) is 35.9 Å². The maximum absolute atomic E-state index is 13.2. The lowest BCUT2D eigenvalue weighted by atomic mass is 10.0. The molecular formula is C26H26Cl2F6N6O2. The number of imidazole rings is 1. The number of nitrogens with zero attached hydrogens (tertiary/aromatic N) is 1. The first-order chi connectivity index (χ1) is 19.7. The smallest absolute Gasteiger partial charge is 0.350 e. The Labute approximate surface area is 246 Å². The summed E-state index contributed by atoms with van der Waals surface area (Å²) in [4.78, 5) is 32.5. The topological polar surface area (TPSA) is 111 Å². The molecule has 228 valence electrons. The Kier molecular flexibility index (Phi) is 11.1. The number of carbonyl (C=O) groups is 2. The van der Waals surface area contributed by atoms with Crippen LogP contribution in [0.2, 0.25) is 10.0 Å². The standard InChI is InChI=1S/C26H26Cl2F6N6O2/c1-2-18(9-35-10-19-11-36-13-38-19)39-24(42)40-22(14-3-4-20(27)21(28)7-14)12-37-23(41)15-5-16(25(29,30)31)8-17(6-15)26(32,33)34/h3-8,11,13,18,22,35H,2,9-10,12H2,1H3,(H,36,38)(H,37,41)(H2,39,40,42). The van der Waals surface area contributed by atoms with Gasteiger partial charge in [0.1, 0.15) is 0 Å². The highest BCUT2D eigenvalue weighted by Crippen LogP contribution is 2.36. The van der Waals surface area contributed by atoms with Crippen molar-refractivity contribution in [2.45, 2.75) is 44.3 Å². The molecule has 0 bridgehead atoms. The summed E-state index contributed by atoms with van der Waals surface area (Å²) in [5.41, 5.74) is -2.91. The fourth-order valence-corrected chi connectivity index (χ4v) is 4.12. The van der Waals surface area contributed by atoms with E-state index < -0.39 is 53.6 Å². The van der Waals surface area contributed by atoms with E-state index in [0.717, 1.165) is 5.69 Å². The SMILES string of the molecule is CCC(CNCc1cnc[nH]1)NC(=O)NC(CNC(=O)c1cc(C(F)(F)F)cc(C(F)(F)F)c1)c1ccc(Cl)c(Cl)c1. The van der Waals surface area contributed by atoms with Crippen LogP contribution in [-0.4, -0.2) is 41.0 Å². The molecule has 0 aliphatic carbocycles. The molecule has 0 aliphatic heterocycles. The molecule has 0 saturated heterocycles. The summed E-state index contributed by atoms with van der Waals surface area (Å²) in [5, 5.41) is 11.2. The third kappa shape index (κ3) is 9.53. The van der Waals surface area contributed by atoms with Crippen LogP contribution in [0.1, 0.15) is 52.1 Å². The number of hydrogen-bond acceptors (Lipinski definition) is 4. The Bertz CT molecular complexity index is 1340. The van der Waals surface area contributed by atoms with Crippen LogP contribution in [0, 0.1) is 0 Å². The van der Waals surface area contributed by atoms with Crippen molar-refractivity contribution in [3.05, 3.63) is 86.9 Å². The number of alkyl halides is 6. The van der Waals surface area contributed by atoms with Crippen LogP contribution < -0.4 is 21.3 Å². The molecular weight excluding hydrogens is 613 g/mol. The highest BCUT2D eigenvalue weighted by atomic mass is 35.5. The van der Waals surface area contributed by atoms with Gasteiger partial charge >= 0.3 is 18.4 Å². The van der Waals surface area contributed by atoms with E-state index in [0.29, 0.717) is 37.2 Å². The molecule has 0 fully saturated rings. The normalized spacial score (nSPS) is 13.4. The molecule has 2 atom stereocenters. The maximum atomic E-state index is 13.2. The van der Waals surface area contributed by atoms with E-state index >= 15 is 0 Å². The third-order valence-electron chi connectivity index (χ3n) is 6.06. The molecule has 0 spiro atoms. The zero-order chi connectivity index (χ0) is 31.1. The zero-order valence-electron chi connectivity index (χ0n) is 21.9. The number of H-pyrrole nitrogens is 1. The Morgan fingerprint density at radius 2 is 1.60 bits per heavy atom. The number of aromatic amines is 1.